The molecule has 8 heteroatoms. The van der Waals surface area contributed by atoms with Crippen molar-refractivity contribution >= 4 is 15.8 Å². The minimum Gasteiger partial charge on any atom is -0.356 e. The lowest BCUT2D eigenvalue weighted by Gasteiger charge is -2.26. The highest BCUT2D eigenvalue weighted by Gasteiger charge is 2.15. The lowest BCUT2D eigenvalue weighted by Crippen LogP contribution is -2.42. The molecular weight excluding hydrogens is 391 g/mol. The predicted octanol–water partition coefficient (Wildman–Crippen LogP) is 2.24. The molecular formula is C21H29FN4O2S. The fraction of sp³-hybridized carbons (Fsp3) is 0.381. The van der Waals surface area contributed by atoms with Gasteiger partial charge in [-0.25, -0.2) is 12.8 Å². The first-order chi connectivity index (χ1) is 13.7. The van der Waals surface area contributed by atoms with Gasteiger partial charge in [-0.2, -0.15) is 0 Å². The Morgan fingerprint density at radius 1 is 1.14 bits per heavy atom. The van der Waals surface area contributed by atoms with Crippen LogP contribution in [0.15, 0.2) is 58.4 Å². The Balaban J connectivity index is 1.88. The molecule has 2 N–H and O–H groups in total. The van der Waals surface area contributed by atoms with Crippen molar-refractivity contribution in [3.63, 3.8) is 0 Å². The number of guanidine groups is 1. The number of likely N-dealkylation sites (N-methyl/N-ethyl adjacent to an activating group) is 1. The van der Waals surface area contributed by atoms with Crippen LogP contribution in [-0.4, -0.2) is 59.8 Å². The monoisotopic (exact) mass is 420 g/mol. The van der Waals surface area contributed by atoms with Crippen LogP contribution in [0.1, 0.15) is 17.2 Å². The zero-order chi connectivity index (χ0) is 21.4. The molecule has 0 heterocycles. The van der Waals surface area contributed by atoms with E-state index < -0.39 is 9.84 Å². The van der Waals surface area contributed by atoms with Gasteiger partial charge in [-0.05, 0) is 55.9 Å². The third-order valence-corrected chi connectivity index (χ3v) is 5.73. The molecule has 0 saturated heterocycles. The van der Waals surface area contributed by atoms with Crippen LogP contribution >= 0.6 is 0 Å². The summed E-state index contributed by atoms with van der Waals surface area (Å²) in [5, 5.41) is 6.53. The lowest BCUT2D eigenvalue weighted by atomic mass is 10.1. The van der Waals surface area contributed by atoms with Gasteiger partial charge in [0.1, 0.15) is 5.82 Å². The van der Waals surface area contributed by atoms with Crippen LogP contribution in [-0.2, 0) is 16.3 Å². The average molecular weight is 421 g/mol. The summed E-state index contributed by atoms with van der Waals surface area (Å²) < 4.78 is 36.6. The molecule has 0 fully saturated rings. The first-order valence-corrected chi connectivity index (χ1v) is 11.2. The molecule has 0 radical (unpaired) electrons. The van der Waals surface area contributed by atoms with Gasteiger partial charge >= 0.3 is 0 Å². The summed E-state index contributed by atoms with van der Waals surface area (Å²) in [5.74, 6) is 0.403. The fourth-order valence-corrected chi connectivity index (χ4v) is 3.59. The molecule has 2 rings (SSSR count). The molecule has 0 bridgehead atoms. The maximum absolute atomic E-state index is 13.6. The van der Waals surface area contributed by atoms with E-state index in [0.29, 0.717) is 23.9 Å². The van der Waals surface area contributed by atoms with Gasteiger partial charge in [0.05, 0.1) is 10.9 Å². The van der Waals surface area contributed by atoms with Crippen LogP contribution in [0.5, 0.6) is 0 Å². The number of nitrogens with zero attached hydrogens (tertiary/aromatic N) is 2. The molecule has 0 aliphatic rings. The van der Waals surface area contributed by atoms with E-state index in [1.165, 1.54) is 12.3 Å². The third kappa shape index (κ3) is 7.14. The highest BCUT2D eigenvalue weighted by Crippen LogP contribution is 2.18. The second-order valence-corrected chi connectivity index (χ2v) is 9.10. The Kier molecular flexibility index (Phi) is 8.16. The van der Waals surface area contributed by atoms with Crippen molar-refractivity contribution in [2.24, 2.45) is 4.99 Å². The van der Waals surface area contributed by atoms with Crippen molar-refractivity contribution < 1.29 is 12.8 Å². The standard InChI is InChI=1S/C21H29FN4O2S/c1-23-21(24-13-12-16-8-10-19(11-9-16)29(4,27)28)25-15-20(26(2)3)17-6-5-7-18(22)14-17/h5-11,14,20H,12-13,15H2,1-4H3,(H2,23,24,25). The molecule has 6 nitrogen and oxygen atoms in total. The van der Waals surface area contributed by atoms with Crippen molar-refractivity contribution in [1.82, 2.24) is 15.5 Å². The molecule has 0 saturated carbocycles. The molecule has 0 aromatic heterocycles. The minimum atomic E-state index is -3.18. The average Bonchev–Trinajstić information content (AvgIpc) is 2.66. The number of benzene rings is 2. The Hall–Kier alpha value is -2.45. The van der Waals surface area contributed by atoms with E-state index in [1.807, 2.05) is 37.2 Å². The smallest absolute Gasteiger partial charge is 0.191 e. The van der Waals surface area contributed by atoms with Crippen LogP contribution in [0, 0.1) is 5.82 Å². The number of halogens is 1. The molecule has 2 aromatic rings. The van der Waals surface area contributed by atoms with E-state index in [-0.39, 0.29) is 11.9 Å². The summed E-state index contributed by atoms with van der Waals surface area (Å²) in [6, 6.07) is 13.5. The zero-order valence-corrected chi connectivity index (χ0v) is 18.1. The Labute approximate surface area is 172 Å². The normalized spacial score (nSPS) is 13.4. The summed E-state index contributed by atoms with van der Waals surface area (Å²) in [6.07, 6.45) is 1.93. The zero-order valence-electron chi connectivity index (χ0n) is 17.3. The number of hydrogen-bond donors (Lipinski definition) is 2. The van der Waals surface area contributed by atoms with Gasteiger partial charge in [-0.3, -0.25) is 4.99 Å². The maximum Gasteiger partial charge on any atom is 0.191 e. The second kappa shape index (κ2) is 10.4. The van der Waals surface area contributed by atoms with E-state index in [1.54, 1.807) is 31.3 Å². The molecule has 0 aliphatic heterocycles. The van der Waals surface area contributed by atoms with E-state index in [9.17, 15) is 12.8 Å². The SMILES string of the molecule is CN=C(NCCc1ccc(S(C)(=O)=O)cc1)NCC(c1cccc(F)c1)N(C)C. The van der Waals surface area contributed by atoms with Crippen LogP contribution in [0.25, 0.3) is 0 Å². The number of sulfone groups is 1. The van der Waals surface area contributed by atoms with Crippen molar-refractivity contribution in [3.05, 3.63) is 65.5 Å². The summed E-state index contributed by atoms with van der Waals surface area (Å²) in [7, 11) is 2.42. The lowest BCUT2D eigenvalue weighted by molar-refractivity contribution is 0.297. The number of rotatable bonds is 8. The molecule has 0 aliphatic carbocycles. The van der Waals surface area contributed by atoms with Crippen LogP contribution in [0.3, 0.4) is 0 Å². The van der Waals surface area contributed by atoms with Crippen molar-refractivity contribution in [3.8, 4) is 0 Å². The van der Waals surface area contributed by atoms with Crippen molar-refractivity contribution in [1.29, 1.82) is 0 Å². The maximum atomic E-state index is 13.6. The summed E-state index contributed by atoms with van der Waals surface area (Å²) in [5.41, 5.74) is 1.93. The Bertz CT molecular complexity index is 928. The number of hydrogen-bond acceptors (Lipinski definition) is 4. The fourth-order valence-electron chi connectivity index (χ4n) is 2.95. The highest BCUT2D eigenvalue weighted by atomic mass is 32.2. The first-order valence-electron chi connectivity index (χ1n) is 9.36. The molecule has 0 spiro atoms. The Morgan fingerprint density at radius 3 is 2.38 bits per heavy atom. The van der Waals surface area contributed by atoms with E-state index in [0.717, 1.165) is 17.5 Å². The number of aliphatic imine (C=N–C) groups is 1. The third-order valence-electron chi connectivity index (χ3n) is 4.60. The van der Waals surface area contributed by atoms with E-state index in [4.69, 9.17) is 0 Å². The van der Waals surface area contributed by atoms with Gasteiger partial charge < -0.3 is 15.5 Å². The molecule has 29 heavy (non-hydrogen) atoms. The van der Waals surface area contributed by atoms with Crippen LogP contribution in [0.4, 0.5) is 4.39 Å². The largest absolute Gasteiger partial charge is 0.356 e. The molecule has 0 amide bonds. The van der Waals surface area contributed by atoms with Gasteiger partial charge in [0.25, 0.3) is 0 Å². The van der Waals surface area contributed by atoms with Gasteiger partial charge in [0.15, 0.2) is 15.8 Å². The highest BCUT2D eigenvalue weighted by molar-refractivity contribution is 7.90. The molecule has 1 atom stereocenters. The Morgan fingerprint density at radius 2 is 1.83 bits per heavy atom. The van der Waals surface area contributed by atoms with E-state index >= 15 is 0 Å². The predicted molar refractivity (Wildman–Crippen MR) is 115 cm³/mol. The van der Waals surface area contributed by atoms with Gasteiger partial charge in [0.2, 0.25) is 0 Å². The second-order valence-electron chi connectivity index (χ2n) is 7.08. The first kappa shape index (κ1) is 22.8. The quantitative estimate of drug-likeness (QED) is 0.506. The van der Waals surface area contributed by atoms with Crippen molar-refractivity contribution in [2.45, 2.75) is 17.4 Å². The van der Waals surface area contributed by atoms with Crippen LogP contribution in [0.2, 0.25) is 0 Å². The molecule has 2 aromatic carbocycles. The van der Waals surface area contributed by atoms with Crippen molar-refractivity contribution in [2.75, 3.05) is 40.5 Å². The summed E-state index contributed by atoms with van der Waals surface area (Å²) in [4.78, 5) is 6.58. The summed E-state index contributed by atoms with van der Waals surface area (Å²) >= 11 is 0. The molecule has 1 unspecified atom stereocenters. The van der Waals surface area contributed by atoms with Gasteiger partial charge in [-0.15, -0.1) is 0 Å². The minimum absolute atomic E-state index is 0.00668. The topological polar surface area (TPSA) is 73.8 Å². The number of nitrogens with one attached hydrogen (secondary N) is 2. The summed E-state index contributed by atoms with van der Waals surface area (Å²) in [6.45, 7) is 1.21. The van der Waals surface area contributed by atoms with E-state index in [2.05, 4.69) is 15.6 Å². The van der Waals surface area contributed by atoms with Gasteiger partial charge in [0, 0.05) is 26.4 Å². The van der Waals surface area contributed by atoms with Gasteiger partial charge in [-0.1, -0.05) is 24.3 Å². The van der Waals surface area contributed by atoms with Crippen LogP contribution < -0.4 is 10.6 Å². The molecule has 158 valence electrons.